The summed E-state index contributed by atoms with van der Waals surface area (Å²) in [6.07, 6.45) is 4.38. The Hall–Kier alpha value is -3.25. The number of rotatable bonds is 8. The summed E-state index contributed by atoms with van der Waals surface area (Å²) in [6, 6.07) is 10.8. The minimum atomic E-state index is -0.636. The average molecular weight is 414 g/mol. The number of esters is 1. The Kier molecular flexibility index (Phi) is 6.57. The highest BCUT2D eigenvalue weighted by atomic mass is 35.5. The van der Waals surface area contributed by atoms with Crippen LogP contribution in [-0.2, 0) is 9.53 Å². The van der Waals surface area contributed by atoms with Gasteiger partial charge >= 0.3 is 5.97 Å². The molecular weight excluding hydrogens is 394 g/mol. The molecule has 0 fully saturated rings. The van der Waals surface area contributed by atoms with E-state index in [2.05, 4.69) is 4.98 Å². The van der Waals surface area contributed by atoms with Gasteiger partial charge < -0.3 is 19.2 Å². The minimum Gasteiger partial charge on any atom is -0.491 e. The van der Waals surface area contributed by atoms with Crippen molar-refractivity contribution in [2.45, 2.75) is 6.92 Å². The molecule has 3 rings (SSSR count). The third-order valence-corrected chi connectivity index (χ3v) is 4.46. The SMILES string of the molecule is CCOc1cc(/C=C/C(=O)OCC(=O)c2c[nH]c3ccccc23)cc(Cl)c1OC. The first-order valence-electron chi connectivity index (χ1n) is 8.98. The summed E-state index contributed by atoms with van der Waals surface area (Å²) in [6.45, 7) is 1.94. The van der Waals surface area contributed by atoms with Gasteiger partial charge in [-0.3, -0.25) is 4.79 Å². The van der Waals surface area contributed by atoms with Crippen molar-refractivity contribution in [1.82, 2.24) is 4.98 Å². The average Bonchev–Trinajstić information content (AvgIpc) is 3.15. The van der Waals surface area contributed by atoms with Crippen molar-refractivity contribution in [3.8, 4) is 11.5 Å². The van der Waals surface area contributed by atoms with Gasteiger partial charge in [-0.05, 0) is 36.8 Å². The van der Waals surface area contributed by atoms with Crippen molar-refractivity contribution in [2.24, 2.45) is 0 Å². The molecule has 29 heavy (non-hydrogen) atoms. The maximum absolute atomic E-state index is 12.4. The number of halogens is 1. The van der Waals surface area contributed by atoms with Crippen LogP contribution in [0.3, 0.4) is 0 Å². The summed E-state index contributed by atoms with van der Waals surface area (Å²) in [7, 11) is 1.50. The second kappa shape index (κ2) is 9.30. The van der Waals surface area contributed by atoms with Crippen LogP contribution in [0.5, 0.6) is 11.5 Å². The zero-order valence-corrected chi connectivity index (χ0v) is 16.8. The molecule has 1 aromatic heterocycles. The Morgan fingerprint density at radius 2 is 2.00 bits per heavy atom. The molecule has 1 N–H and O–H groups in total. The molecule has 0 saturated carbocycles. The summed E-state index contributed by atoms with van der Waals surface area (Å²) in [4.78, 5) is 27.4. The van der Waals surface area contributed by atoms with Crippen molar-refractivity contribution in [3.05, 3.63) is 64.8 Å². The molecule has 0 aliphatic heterocycles. The number of ether oxygens (including phenoxy) is 3. The smallest absolute Gasteiger partial charge is 0.331 e. The van der Waals surface area contributed by atoms with Crippen molar-refractivity contribution >= 4 is 40.3 Å². The van der Waals surface area contributed by atoms with Gasteiger partial charge in [-0.2, -0.15) is 0 Å². The van der Waals surface area contributed by atoms with E-state index in [1.165, 1.54) is 19.3 Å². The number of ketones is 1. The summed E-state index contributed by atoms with van der Waals surface area (Å²) >= 11 is 6.19. The lowest BCUT2D eigenvalue weighted by Gasteiger charge is -2.11. The van der Waals surface area contributed by atoms with E-state index in [4.69, 9.17) is 25.8 Å². The molecule has 2 aromatic carbocycles. The number of aromatic nitrogens is 1. The molecule has 3 aromatic rings. The van der Waals surface area contributed by atoms with Crippen LogP contribution in [0.15, 0.2) is 48.7 Å². The number of hydrogen-bond acceptors (Lipinski definition) is 5. The first-order valence-corrected chi connectivity index (χ1v) is 9.35. The highest BCUT2D eigenvalue weighted by molar-refractivity contribution is 6.32. The van der Waals surface area contributed by atoms with Gasteiger partial charge in [0.2, 0.25) is 5.78 Å². The maximum atomic E-state index is 12.4. The molecule has 150 valence electrons. The fourth-order valence-electron chi connectivity index (χ4n) is 2.87. The van der Waals surface area contributed by atoms with Gasteiger partial charge in [-0.15, -0.1) is 0 Å². The molecular formula is C22H20ClNO5. The molecule has 0 aliphatic rings. The summed E-state index contributed by atoms with van der Waals surface area (Å²) in [5.41, 5.74) is 1.98. The van der Waals surface area contributed by atoms with Crippen molar-refractivity contribution in [1.29, 1.82) is 0 Å². The number of fused-ring (bicyclic) bond motifs is 1. The molecule has 0 spiro atoms. The number of H-pyrrole nitrogens is 1. The number of nitrogens with one attached hydrogen (secondary N) is 1. The van der Waals surface area contributed by atoms with E-state index in [0.717, 1.165) is 10.9 Å². The van der Waals surface area contributed by atoms with Gasteiger partial charge in [0, 0.05) is 28.7 Å². The van der Waals surface area contributed by atoms with Crippen LogP contribution in [0.2, 0.25) is 5.02 Å². The van der Waals surface area contributed by atoms with Crippen molar-refractivity contribution < 1.29 is 23.8 Å². The van der Waals surface area contributed by atoms with Crippen LogP contribution in [0.25, 0.3) is 17.0 Å². The van der Waals surface area contributed by atoms with E-state index in [-0.39, 0.29) is 12.4 Å². The quantitative estimate of drug-likeness (QED) is 0.330. The number of para-hydroxylation sites is 1. The van der Waals surface area contributed by atoms with E-state index in [1.54, 1.807) is 18.3 Å². The third kappa shape index (κ3) is 4.78. The lowest BCUT2D eigenvalue weighted by atomic mass is 10.1. The fraction of sp³-hybridized carbons (Fsp3) is 0.182. The van der Waals surface area contributed by atoms with Crippen LogP contribution in [0.1, 0.15) is 22.8 Å². The Morgan fingerprint density at radius 3 is 2.76 bits per heavy atom. The molecule has 0 bridgehead atoms. The van der Waals surface area contributed by atoms with Gasteiger partial charge in [0.25, 0.3) is 0 Å². The highest BCUT2D eigenvalue weighted by Crippen LogP contribution is 2.36. The molecule has 0 atom stereocenters. The zero-order valence-electron chi connectivity index (χ0n) is 16.0. The Bertz CT molecular complexity index is 1070. The normalized spacial score (nSPS) is 11.0. The largest absolute Gasteiger partial charge is 0.491 e. The van der Waals surface area contributed by atoms with Crippen LogP contribution in [-0.4, -0.2) is 37.1 Å². The second-order valence-corrected chi connectivity index (χ2v) is 6.49. The number of hydrogen-bond donors (Lipinski definition) is 1. The van der Waals surface area contributed by atoms with E-state index < -0.39 is 5.97 Å². The van der Waals surface area contributed by atoms with E-state index >= 15 is 0 Å². The first-order chi connectivity index (χ1) is 14.0. The monoisotopic (exact) mass is 413 g/mol. The molecule has 0 saturated heterocycles. The first kappa shape index (κ1) is 20.5. The molecule has 0 radical (unpaired) electrons. The predicted octanol–water partition coefficient (Wildman–Crippen LogP) is 4.67. The topological polar surface area (TPSA) is 77.6 Å². The molecule has 1 heterocycles. The number of Topliss-reactive ketones (excluding diaryl/α,β-unsaturated/α-hetero) is 1. The van der Waals surface area contributed by atoms with Crippen molar-refractivity contribution in [2.75, 3.05) is 20.3 Å². The number of aromatic amines is 1. The van der Waals surface area contributed by atoms with Gasteiger partial charge in [0.15, 0.2) is 18.1 Å². The summed E-state index contributed by atoms with van der Waals surface area (Å²) < 4.78 is 15.8. The summed E-state index contributed by atoms with van der Waals surface area (Å²) in [5.74, 6) is -0.0129. The van der Waals surface area contributed by atoms with Gasteiger partial charge in [0.05, 0.1) is 18.7 Å². The van der Waals surface area contributed by atoms with Crippen LogP contribution in [0.4, 0.5) is 0 Å². The van der Waals surface area contributed by atoms with E-state index in [0.29, 0.717) is 34.3 Å². The Labute approximate surface area is 173 Å². The van der Waals surface area contributed by atoms with Gasteiger partial charge in [-0.1, -0.05) is 29.8 Å². The standard InChI is InChI=1S/C22H20ClNO5/c1-3-28-20-11-14(10-17(23)22(20)27-2)8-9-21(26)29-13-19(25)16-12-24-18-7-5-4-6-15(16)18/h4-12,24H,3,13H2,1-2H3/b9-8+. The molecule has 7 heteroatoms. The number of benzene rings is 2. The molecule has 0 amide bonds. The van der Waals surface area contributed by atoms with Crippen molar-refractivity contribution in [3.63, 3.8) is 0 Å². The number of carbonyl (C=O) groups excluding carboxylic acids is 2. The van der Waals surface area contributed by atoms with Crippen LogP contribution in [0, 0.1) is 0 Å². The molecule has 0 aliphatic carbocycles. The lowest BCUT2D eigenvalue weighted by molar-refractivity contribution is -0.136. The minimum absolute atomic E-state index is 0.282. The van der Waals surface area contributed by atoms with Gasteiger partial charge in [-0.25, -0.2) is 4.79 Å². The molecule has 6 nitrogen and oxygen atoms in total. The fourth-order valence-corrected chi connectivity index (χ4v) is 3.17. The Balaban J connectivity index is 1.64. The lowest BCUT2D eigenvalue weighted by Crippen LogP contribution is -2.12. The zero-order chi connectivity index (χ0) is 20.8. The van der Waals surface area contributed by atoms with Gasteiger partial charge in [0.1, 0.15) is 0 Å². The predicted molar refractivity (Wildman–Crippen MR) is 112 cm³/mol. The van der Waals surface area contributed by atoms with Crippen LogP contribution >= 0.6 is 11.6 Å². The number of carbonyl (C=O) groups is 2. The highest BCUT2D eigenvalue weighted by Gasteiger charge is 2.14. The number of methoxy groups -OCH3 is 1. The third-order valence-electron chi connectivity index (χ3n) is 4.18. The molecule has 0 unspecified atom stereocenters. The van der Waals surface area contributed by atoms with E-state index in [1.807, 2.05) is 31.2 Å². The summed E-state index contributed by atoms with van der Waals surface area (Å²) in [5, 5.41) is 1.15. The van der Waals surface area contributed by atoms with E-state index in [9.17, 15) is 9.59 Å². The van der Waals surface area contributed by atoms with Crippen LogP contribution < -0.4 is 9.47 Å². The second-order valence-electron chi connectivity index (χ2n) is 6.08. The maximum Gasteiger partial charge on any atom is 0.331 e. The Morgan fingerprint density at radius 1 is 1.21 bits per heavy atom.